The number of hydrogen-bond donors (Lipinski definition) is 3. The van der Waals surface area contributed by atoms with Crippen LogP contribution in [0.2, 0.25) is 0 Å². The molecule has 0 aromatic heterocycles. The van der Waals surface area contributed by atoms with Gasteiger partial charge in [-0.1, -0.05) is 48.5 Å². The number of sulfonamides is 1. The number of rotatable bonds is 10. The lowest BCUT2D eigenvalue weighted by Gasteiger charge is -2.31. The van der Waals surface area contributed by atoms with Crippen LogP contribution in [0, 0.1) is 5.92 Å². The predicted octanol–water partition coefficient (Wildman–Crippen LogP) is 1.30. The third-order valence-electron chi connectivity index (χ3n) is 7.21. The Morgan fingerprint density at radius 1 is 1.00 bits per heavy atom. The van der Waals surface area contributed by atoms with E-state index in [0.29, 0.717) is 31.8 Å². The van der Waals surface area contributed by atoms with Crippen molar-refractivity contribution in [2.24, 2.45) is 16.9 Å². The van der Waals surface area contributed by atoms with Crippen LogP contribution in [0.25, 0.3) is 0 Å². The Hall–Kier alpha value is -3.44. The van der Waals surface area contributed by atoms with Crippen molar-refractivity contribution in [1.82, 2.24) is 19.8 Å². The van der Waals surface area contributed by atoms with E-state index in [1.807, 2.05) is 30.3 Å². The van der Waals surface area contributed by atoms with E-state index in [9.17, 15) is 18.0 Å². The van der Waals surface area contributed by atoms with E-state index >= 15 is 0 Å². The summed E-state index contributed by atoms with van der Waals surface area (Å²) in [6.07, 6.45) is 4.88. The molecule has 2 heterocycles. The average Bonchev–Trinajstić information content (AvgIpc) is 3.43. The van der Waals surface area contributed by atoms with Gasteiger partial charge in [-0.05, 0) is 55.7 Å². The number of nitrogens with two attached hydrogens (primary N) is 1. The van der Waals surface area contributed by atoms with Gasteiger partial charge in [-0.25, -0.2) is 8.42 Å². The zero-order chi connectivity index (χ0) is 27.0. The average molecular weight is 541 g/mol. The quantitative estimate of drug-likeness (QED) is 0.180. The molecule has 11 heteroatoms. The monoisotopic (exact) mass is 540 g/mol. The Morgan fingerprint density at radius 3 is 2.32 bits per heavy atom. The van der Waals surface area contributed by atoms with E-state index in [1.54, 1.807) is 24.5 Å². The lowest BCUT2D eigenvalue weighted by atomic mass is 9.97. The summed E-state index contributed by atoms with van der Waals surface area (Å²) in [6, 6.07) is 15.6. The van der Waals surface area contributed by atoms with Crippen LogP contribution in [-0.2, 0) is 26.0 Å². The molecular weight excluding hydrogens is 504 g/mol. The first kappa shape index (κ1) is 27.6. The van der Waals surface area contributed by atoms with Gasteiger partial charge in [0, 0.05) is 26.2 Å². The van der Waals surface area contributed by atoms with Crippen molar-refractivity contribution in [2.45, 2.75) is 49.1 Å². The maximum absolute atomic E-state index is 13.8. The van der Waals surface area contributed by atoms with Crippen molar-refractivity contribution in [3.63, 3.8) is 0 Å². The standard InChI is InChI=1S/C27H36N6O4S/c28-30-20-32-16-13-22(14-17-32)19-29-26(34)25-12-7-15-33(25)27(35)24(18-21-8-3-1-4-9-21)31-38(36,37)23-10-5-2-6-11-23/h1-6,8-11,20,22,24-25,31H,7,12-19,28H2,(H,29,34)/t24-,25+/m1/s1. The summed E-state index contributed by atoms with van der Waals surface area (Å²) in [5.74, 6) is 4.99. The highest BCUT2D eigenvalue weighted by Gasteiger charge is 2.38. The molecular formula is C27H36N6O4S. The van der Waals surface area contributed by atoms with Crippen LogP contribution in [0.3, 0.4) is 0 Å². The fraction of sp³-hybridized carbons (Fsp3) is 0.444. The van der Waals surface area contributed by atoms with Crippen LogP contribution in [0.15, 0.2) is 70.7 Å². The molecule has 2 saturated heterocycles. The van der Waals surface area contributed by atoms with Gasteiger partial charge < -0.3 is 21.0 Å². The fourth-order valence-electron chi connectivity index (χ4n) is 5.12. The second-order valence-electron chi connectivity index (χ2n) is 9.86. The van der Waals surface area contributed by atoms with E-state index in [1.165, 1.54) is 17.0 Å². The maximum atomic E-state index is 13.8. The summed E-state index contributed by atoms with van der Waals surface area (Å²) >= 11 is 0. The molecule has 0 unspecified atom stereocenters. The van der Waals surface area contributed by atoms with Crippen molar-refractivity contribution < 1.29 is 18.0 Å². The van der Waals surface area contributed by atoms with Gasteiger partial charge >= 0.3 is 0 Å². The second-order valence-corrected chi connectivity index (χ2v) is 11.6. The van der Waals surface area contributed by atoms with E-state index in [4.69, 9.17) is 5.84 Å². The van der Waals surface area contributed by atoms with E-state index in [2.05, 4.69) is 20.0 Å². The second kappa shape index (κ2) is 12.9. The number of carbonyl (C=O) groups is 2. The molecule has 0 saturated carbocycles. The summed E-state index contributed by atoms with van der Waals surface area (Å²) in [4.78, 5) is 30.6. The van der Waals surface area contributed by atoms with Crippen LogP contribution >= 0.6 is 0 Å². The first-order chi connectivity index (χ1) is 18.4. The molecule has 2 aromatic carbocycles. The molecule has 2 fully saturated rings. The van der Waals surface area contributed by atoms with Gasteiger partial charge in [0.2, 0.25) is 21.8 Å². The number of carbonyl (C=O) groups excluding carboxylic acids is 2. The molecule has 0 aliphatic carbocycles. The third kappa shape index (κ3) is 7.11. The third-order valence-corrected chi connectivity index (χ3v) is 8.70. The Kier molecular flexibility index (Phi) is 9.35. The van der Waals surface area contributed by atoms with Crippen molar-refractivity contribution in [1.29, 1.82) is 0 Å². The molecule has 2 amide bonds. The Bertz CT molecular complexity index is 1200. The first-order valence-corrected chi connectivity index (χ1v) is 14.5. The molecule has 4 rings (SSSR count). The minimum Gasteiger partial charge on any atom is -0.361 e. The highest BCUT2D eigenvalue weighted by atomic mass is 32.2. The number of likely N-dealkylation sites (tertiary alicyclic amines) is 2. The lowest BCUT2D eigenvalue weighted by molar-refractivity contribution is -0.139. The van der Waals surface area contributed by atoms with Crippen LogP contribution in [0.4, 0.5) is 0 Å². The molecule has 0 radical (unpaired) electrons. The van der Waals surface area contributed by atoms with Crippen molar-refractivity contribution >= 4 is 28.2 Å². The molecule has 2 aliphatic rings. The Balaban J connectivity index is 1.43. The van der Waals surface area contributed by atoms with Crippen LogP contribution in [0.1, 0.15) is 31.2 Å². The number of hydrogen-bond acceptors (Lipinski definition) is 6. The van der Waals surface area contributed by atoms with Gasteiger partial charge in [0.15, 0.2) is 0 Å². The van der Waals surface area contributed by atoms with Crippen molar-refractivity contribution in [2.75, 3.05) is 26.2 Å². The summed E-state index contributed by atoms with van der Waals surface area (Å²) in [5, 5.41) is 6.61. The minimum atomic E-state index is -3.94. The smallest absolute Gasteiger partial charge is 0.242 e. The van der Waals surface area contributed by atoms with Crippen molar-refractivity contribution in [3.05, 3.63) is 66.2 Å². The number of nitrogens with one attached hydrogen (secondary N) is 2. The van der Waals surface area contributed by atoms with Gasteiger partial charge in [0.25, 0.3) is 0 Å². The molecule has 38 heavy (non-hydrogen) atoms. The number of nitrogens with zero attached hydrogens (tertiary/aromatic N) is 3. The lowest BCUT2D eigenvalue weighted by Crippen LogP contribution is -2.54. The molecule has 204 valence electrons. The summed E-state index contributed by atoms with van der Waals surface area (Å²) in [6.45, 7) is 2.61. The Labute approximate surface area is 224 Å². The first-order valence-electron chi connectivity index (χ1n) is 13.0. The number of hydrazone groups is 1. The molecule has 2 aliphatic heterocycles. The van der Waals surface area contributed by atoms with Crippen LogP contribution < -0.4 is 15.9 Å². The zero-order valence-corrected chi connectivity index (χ0v) is 22.2. The van der Waals surface area contributed by atoms with Crippen LogP contribution in [0.5, 0.6) is 0 Å². The van der Waals surface area contributed by atoms with Crippen molar-refractivity contribution in [3.8, 4) is 0 Å². The summed E-state index contributed by atoms with van der Waals surface area (Å²) in [7, 11) is -3.94. The topological polar surface area (TPSA) is 137 Å². The normalized spacial score (nSPS) is 19.5. The molecule has 0 bridgehead atoms. The van der Waals surface area contributed by atoms with Gasteiger partial charge in [-0.15, -0.1) is 0 Å². The Morgan fingerprint density at radius 2 is 1.66 bits per heavy atom. The minimum absolute atomic E-state index is 0.0883. The fourth-order valence-corrected chi connectivity index (χ4v) is 6.33. The van der Waals surface area contributed by atoms with E-state index in [0.717, 1.165) is 31.5 Å². The highest BCUT2D eigenvalue weighted by molar-refractivity contribution is 7.89. The van der Waals surface area contributed by atoms with Gasteiger partial charge in [-0.2, -0.15) is 9.82 Å². The molecule has 2 atom stereocenters. The summed E-state index contributed by atoms with van der Waals surface area (Å²) in [5.41, 5.74) is 0.827. The number of amides is 2. The summed E-state index contributed by atoms with van der Waals surface area (Å²) < 4.78 is 28.9. The van der Waals surface area contributed by atoms with E-state index in [-0.39, 0.29) is 23.1 Å². The predicted molar refractivity (Wildman–Crippen MR) is 145 cm³/mol. The largest absolute Gasteiger partial charge is 0.361 e. The van der Waals surface area contributed by atoms with Crippen LogP contribution in [-0.4, -0.2) is 74.6 Å². The molecule has 0 spiro atoms. The van der Waals surface area contributed by atoms with Gasteiger partial charge in [-0.3, -0.25) is 9.59 Å². The van der Waals surface area contributed by atoms with Gasteiger partial charge in [0.05, 0.1) is 4.90 Å². The highest BCUT2D eigenvalue weighted by Crippen LogP contribution is 2.22. The zero-order valence-electron chi connectivity index (χ0n) is 21.4. The maximum Gasteiger partial charge on any atom is 0.242 e. The molecule has 4 N–H and O–H groups in total. The number of piperidine rings is 1. The van der Waals surface area contributed by atoms with Gasteiger partial charge in [0.1, 0.15) is 18.4 Å². The van der Waals surface area contributed by atoms with E-state index < -0.39 is 22.1 Å². The molecule has 10 nitrogen and oxygen atoms in total. The molecule has 2 aromatic rings. The SMILES string of the molecule is NN=CN1CCC(CNC(=O)[C@@H]2CCCN2C(=O)[C@@H](Cc2ccccc2)NS(=O)(=O)c2ccccc2)CC1. The number of benzene rings is 2.